The molecule has 0 atom stereocenters. The van der Waals surface area contributed by atoms with Crippen molar-refractivity contribution < 1.29 is 9.18 Å². The van der Waals surface area contributed by atoms with E-state index in [2.05, 4.69) is 10.6 Å². The molecule has 0 aliphatic heterocycles. The molecule has 0 aliphatic carbocycles. The van der Waals surface area contributed by atoms with Gasteiger partial charge in [-0.15, -0.1) is 0 Å². The third-order valence-electron chi connectivity index (χ3n) is 2.05. The Morgan fingerprint density at radius 2 is 2.20 bits per heavy atom. The number of amides is 1. The number of halogens is 1. The summed E-state index contributed by atoms with van der Waals surface area (Å²) in [5.74, 6) is -0.505. The maximum absolute atomic E-state index is 13.0. The van der Waals surface area contributed by atoms with Gasteiger partial charge in [0.2, 0.25) is 5.91 Å². The fraction of sp³-hybridized carbons (Fsp3) is 0.300. The lowest BCUT2D eigenvalue weighted by Crippen LogP contribution is -2.26. The number of benzene rings is 1. The summed E-state index contributed by atoms with van der Waals surface area (Å²) in [6.07, 6.45) is 0. The zero-order valence-corrected chi connectivity index (χ0v) is 8.73. The van der Waals surface area contributed by atoms with E-state index in [0.29, 0.717) is 16.9 Å². The first kappa shape index (κ1) is 11.3. The Hall–Kier alpha value is -1.78. The van der Waals surface area contributed by atoms with Crippen LogP contribution in [0, 0.1) is 12.7 Å². The zero-order valence-electron chi connectivity index (χ0n) is 8.73. The number of aryl methyl sites for hydroxylation is 1. The van der Waals surface area contributed by atoms with Crippen molar-refractivity contribution >= 4 is 17.3 Å². The van der Waals surface area contributed by atoms with Crippen LogP contribution in [0.1, 0.15) is 5.56 Å². The molecule has 15 heavy (non-hydrogen) atoms. The fourth-order valence-corrected chi connectivity index (χ4v) is 1.11. The molecule has 4 N–H and O–H groups in total. The maximum Gasteiger partial charge on any atom is 0.239 e. The molecule has 0 saturated heterocycles. The first-order valence-electron chi connectivity index (χ1n) is 4.54. The molecule has 82 valence electrons. The average Bonchev–Trinajstić information content (AvgIpc) is 2.21. The van der Waals surface area contributed by atoms with E-state index in [9.17, 15) is 9.18 Å². The number of hydrogen-bond donors (Lipinski definition) is 3. The molecule has 1 amide bonds. The molecule has 0 saturated carbocycles. The quantitative estimate of drug-likeness (QED) is 0.650. The number of nitrogens with one attached hydrogen (secondary N) is 2. The van der Waals surface area contributed by atoms with Gasteiger partial charge in [-0.3, -0.25) is 4.79 Å². The zero-order chi connectivity index (χ0) is 11.4. The summed E-state index contributed by atoms with van der Waals surface area (Å²) >= 11 is 0. The summed E-state index contributed by atoms with van der Waals surface area (Å²) in [5, 5.41) is 5.29. The molecule has 5 heteroatoms. The van der Waals surface area contributed by atoms with Gasteiger partial charge in [0, 0.05) is 7.05 Å². The lowest BCUT2D eigenvalue weighted by molar-refractivity contribution is -0.118. The van der Waals surface area contributed by atoms with E-state index >= 15 is 0 Å². The standard InChI is InChI=1S/C10H14FN3O/c1-6-3-9(8(12)4-7(6)11)14-5-10(15)13-2/h3-4,14H,5,12H2,1-2H3,(H,13,15). The monoisotopic (exact) mass is 211 g/mol. The molecule has 0 aromatic heterocycles. The number of likely N-dealkylation sites (N-methyl/N-ethyl adjacent to an activating group) is 1. The SMILES string of the molecule is CNC(=O)CNc1cc(C)c(F)cc1N. The maximum atomic E-state index is 13.0. The predicted molar refractivity (Wildman–Crippen MR) is 58.1 cm³/mol. The Labute approximate surface area is 87.7 Å². The van der Waals surface area contributed by atoms with Crippen LogP contribution >= 0.6 is 0 Å². The summed E-state index contributed by atoms with van der Waals surface area (Å²) in [4.78, 5) is 11.0. The number of nitrogens with two attached hydrogens (primary N) is 1. The van der Waals surface area contributed by atoms with Gasteiger partial charge in [0.15, 0.2) is 0 Å². The van der Waals surface area contributed by atoms with Crippen LogP contribution in [0.3, 0.4) is 0 Å². The molecule has 0 fully saturated rings. The molecule has 4 nitrogen and oxygen atoms in total. The lowest BCUT2D eigenvalue weighted by atomic mass is 10.2. The van der Waals surface area contributed by atoms with Crippen molar-refractivity contribution in [2.45, 2.75) is 6.92 Å². The van der Waals surface area contributed by atoms with E-state index in [1.807, 2.05) is 0 Å². The number of carbonyl (C=O) groups is 1. The Morgan fingerprint density at radius 1 is 1.53 bits per heavy atom. The van der Waals surface area contributed by atoms with Crippen LogP contribution in [-0.4, -0.2) is 19.5 Å². The highest BCUT2D eigenvalue weighted by molar-refractivity contribution is 5.82. The Kier molecular flexibility index (Phi) is 3.49. The van der Waals surface area contributed by atoms with Crippen LogP contribution in [-0.2, 0) is 4.79 Å². The van der Waals surface area contributed by atoms with Crippen LogP contribution in [0.5, 0.6) is 0 Å². The molecule has 0 heterocycles. The van der Waals surface area contributed by atoms with Crippen molar-refractivity contribution in [2.75, 3.05) is 24.6 Å². The van der Waals surface area contributed by atoms with Crippen LogP contribution in [0.4, 0.5) is 15.8 Å². The summed E-state index contributed by atoms with van der Waals surface area (Å²) in [6, 6.07) is 2.81. The Balaban J connectivity index is 2.77. The molecule has 0 bridgehead atoms. The minimum absolute atomic E-state index is 0.117. The minimum Gasteiger partial charge on any atom is -0.397 e. The van der Waals surface area contributed by atoms with Crippen molar-refractivity contribution in [3.05, 3.63) is 23.5 Å². The number of hydrogen-bond acceptors (Lipinski definition) is 3. The van der Waals surface area contributed by atoms with Gasteiger partial charge in [0.25, 0.3) is 0 Å². The van der Waals surface area contributed by atoms with Gasteiger partial charge in [-0.2, -0.15) is 0 Å². The highest BCUT2D eigenvalue weighted by Crippen LogP contribution is 2.21. The largest absolute Gasteiger partial charge is 0.397 e. The van der Waals surface area contributed by atoms with Gasteiger partial charge in [0.1, 0.15) is 5.82 Å². The highest BCUT2D eigenvalue weighted by Gasteiger charge is 2.05. The second-order valence-electron chi connectivity index (χ2n) is 3.22. The highest BCUT2D eigenvalue weighted by atomic mass is 19.1. The molecular formula is C10H14FN3O. The Morgan fingerprint density at radius 3 is 2.80 bits per heavy atom. The topological polar surface area (TPSA) is 67.2 Å². The van der Waals surface area contributed by atoms with Crippen molar-refractivity contribution in [3.63, 3.8) is 0 Å². The number of nitrogen functional groups attached to an aromatic ring is 1. The summed E-state index contributed by atoms with van der Waals surface area (Å²) in [5.41, 5.74) is 6.93. The normalized spacial score (nSPS) is 9.80. The minimum atomic E-state index is -0.349. The first-order valence-corrected chi connectivity index (χ1v) is 4.54. The third-order valence-corrected chi connectivity index (χ3v) is 2.05. The first-order chi connectivity index (χ1) is 7.04. The summed E-state index contributed by atoms with van der Waals surface area (Å²) < 4.78 is 13.0. The number of rotatable bonds is 3. The second-order valence-corrected chi connectivity index (χ2v) is 3.22. The fourth-order valence-electron chi connectivity index (χ4n) is 1.11. The Bertz CT molecular complexity index is 379. The van der Waals surface area contributed by atoms with Crippen LogP contribution in [0.25, 0.3) is 0 Å². The van der Waals surface area contributed by atoms with E-state index in [1.54, 1.807) is 20.0 Å². The molecule has 1 rings (SSSR count). The van der Waals surface area contributed by atoms with Crippen LogP contribution in [0.15, 0.2) is 12.1 Å². The van der Waals surface area contributed by atoms with Crippen molar-refractivity contribution in [2.24, 2.45) is 0 Å². The van der Waals surface area contributed by atoms with Crippen molar-refractivity contribution in [1.29, 1.82) is 0 Å². The molecule has 1 aromatic carbocycles. The van der Waals surface area contributed by atoms with Gasteiger partial charge < -0.3 is 16.4 Å². The van der Waals surface area contributed by atoms with E-state index in [1.165, 1.54) is 6.07 Å². The van der Waals surface area contributed by atoms with Gasteiger partial charge in [-0.05, 0) is 24.6 Å². The van der Waals surface area contributed by atoms with Crippen molar-refractivity contribution in [3.8, 4) is 0 Å². The van der Waals surface area contributed by atoms with E-state index < -0.39 is 0 Å². The van der Waals surface area contributed by atoms with E-state index in [4.69, 9.17) is 5.73 Å². The third kappa shape index (κ3) is 2.83. The van der Waals surface area contributed by atoms with Gasteiger partial charge in [-0.25, -0.2) is 4.39 Å². The average molecular weight is 211 g/mol. The van der Waals surface area contributed by atoms with Gasteiger partial charge in [-0.1, -0.05) is 0 Å². The molecule has 1 aromatic rings. The smallest absolute Gasteiger partial charge is 0.239 e. The molecule has 0 radical (unpaired) electrons. The molecular weight excluding hydrogens is 197 g/mol. The summed E-state index contributed by atoms with van der Waals surface area (Å²) in [7, 11) is 1.54. The van der Waals surface area contributed by atoms with E-state index in [0.717, 1.165) is 0 Å². The predicted octanol–water partition coefficient (Wildman–Crippen LogP) is 0.874. The number of carbonyl (C=O) groups excluding carboxylic acids is 1. The van der Waals surface area contributed by atoms with Crippen LogP contribution < -0.4 is 16.4 Å². The van der Waals surface area contributed by atoms with Crippen LogP contribution in [0.2, 0.25) is 0 Å². The molecule has 0 aliphatic rings. The van der Waals surface area contributed by atoms with Gasteiger partial charge in [0.05, 0.1) is 17.9 Å². The lowest BCUT2D eigenvalue weighted by Gasteiger charge is -2.09. The molecule has 0 spiro atoms. The van der Waals surface area contributed by atoms with Gasteiger partial charge >= 0.3 is 0 Å². The number of anilines is 2. The second kappa shape index (κ2) is 4.63. The van der Waals surface area contributed by atoms with Crippen molar-refractivity contribution in [1.82, 2.24) is 5.32 Å². The van der Waals surface area contributed by atoms with E-state index in [-0.39, 0.29) is 18.3 Å². The molecule has 0 unspecified atom stereocenters. The summed E-state index contributed by atoms with van der Waals surface area (Å²) in [6.45, 7) is 1.76.